The zero-order chi connectivity index (χ0) is 19.1. The van der Waals surface area contributed by atoms with Crippen LogP contribution in [0.15, 0.2) is 60.7 Å². The number of nitrogens with zero attached hydrogens (tertiary/aromatic N) is 1. The van der Waals surface area contributed by atoms with Crippen molar-refractivity contribution < 1.29 is 9.94 Å². The lowest BCUT2D eigenvalue weighted by molar-refractivity contribution is -0.319. The van der Waals surface area contributed by atoms with Crippen LogP contribution in [0.2, 0.25) is 0 Å². The molecule has 1 N–H and O–H groups in total. The molecule has 2 aliphatic rings. The molecule has 2 heterocycles. The highest BCUT2D eigenvalue weighted by atomic mass is 16.7. The van der Waals surface area contributed by atoms with E-state index < -0.39 is 11.1 Å². The van der Waals surface area contributed by atoms with E-state index in [0.717, 1.165) is 30.4 Å². The molecule has 2 aromatic carbocycles. The van der Waals surface area contributed by atoms with Gasteiger partial charge in [-0.3, -0.25) is 4.84 Å². The Morgan fingerprint density at radius 2 is 1.59 bits per heavy atom. The van der Waals surface area contributed by atoms with Crippen LogP contribution in [0.4, 0.5) is 0 Å². The molecular weight excluding hydrogens is 334 g/mol. The Hall–Kier alpha value is -1.68. The summed E-state index contributed by atoms with van der Waals surface area (Å²) in [6, 6.07) is 20.6. The lowest BCUT2D eigenvalue weighted by Crippen LogP contribution is -2.71. The van der Waals surface area contributed by atoms with Crippen molar-refractivity contribution in [2.75, 3.05) is 0 Å². The normalized spacial score (nSPS) is 27.2. The monoisotopic (exact) mass is 365 g/mol. The van der Waals surface area contributed by atoms with Crippen LogP contribution in [-0.4, -0.2) is 27.4 Å². The second-order valence-corrected chi connectivity index (χ2v) is 8.83. The van der Waals surface area contributed by atoms with Crippen molar-refractivity contribution in [1.29, 1.82) is 0 Å². The summed E-state index contributed by atoms with van der Waals surface area (Å²) in [6.45, 7) is 6.51. The van der Waals surface area contributed by atoms with E-state index in [4.69, 9.17) is 4.84 Å². The highest BCUT2D eigenvalue weighted by Crippen LogP contribution is 2.61. The van der Waals surface area contributed by atoms with Gasteiger partial charge >= 0.3 is 0 Å². The molecule has 0 bridgehead atoms. The second kappa shape index (κ2) is 6.73. The minimum absolute atomic E-state index is 0.279. The van der Waals surface area contributed by atoms with Crippen LogP contribution in [0.3, 0.4) is 0 Å². The van der Waals surface area contributed by atoms with Gasteiger partial charge in [0.1, 0.15) is 5.60 Å². The summed E-state index contributed by atoms with van der Waals surface area (Å²) in [5.41, 5.74) is 0.0650. The Labute approximate surface area is 162 Å². The minimum Gasteiger partial charge on any atom is -0.378 e. The molecule has 3 heteroatoms. The molecule has 4 rings (SSSR count). The maximum absolute atomic E-state index is 12.4. The summed E-state index contributed by atoms with van der Waals surface area (Å²) in [6.07, 6.45) is 5.26. The third-order valence-electron chi connectivity index (χ3n) is 6.34. The fraction of sp³-hybridized carbons (Fsp3) is 0.500. The molecule has 0 aliphatic carbocycles. The average Bonchev–Trinajstić information content (AvgIpc) is 2.90. The standard InChI is InChI=1S/C24H31NO2/c1-4-5-16-21-17-23(18-22(2,3)27-25(21)23)24(26,19-12-8-6-9-13-19)20-14-10-7-11-15-20/h6-15,21,26H,4-5,16-18H2,1-3H3. The summed E-state index contributed by atoms with van der Waals surface area (Å²) in [5.74, 6) is 0. The third kappa shape index (κ3) is 2.84. The molecule has 2 fully saturated rings. The van der Waals surface area contributed by atoms with Gasteiger partial charge in [-0.1, -0.05) is 80.4 Å². The van der Waals surface area contributed by atoms with E-state index in [2.05, 4.69) is 25.8 Å². The number of rotatable bonds is 6. The zero-order valence-corrected chi connectivity index (χ0v) is 16.7. The van der Waals surface area contributed by atoms with E-state index in [-0.39, 0.29) is 5.60 Å². The van der Waals surface area contributed by atoms with Crippen LogP contribution < -0.4 is 0 Å². The maximum Gasteiger partial charge on any atom is 0.135 e. The fourth-order valence-corrected chi connectivity index (χ4v) is 5.27. The van der Waals surface area contributed by atoms with E-state index in [1.165, 1.54) is 12.8 Å². The Balaban J connectivity index is 1.83. The fourth-order valence-electron chi connectivity index (χ4n) is 5.27. The predicted octanol–water partition coefficient (Wildman–Crippen LogP) is 5.04. The summed E-state index contributed by atoms with van der Waals surface area (Å²) in [4.78, 5) is 6.42. The number of fused-ring (bicyclic) bond motifs is 1. The summed E-state index contributed by atoms with van der Waals surface area (Å²) in [7, 11) is 0. The van der Waals surface area contributed by atoms with E-state index >= 15 is 0 Å². The van der Waals surface area contributed by atoms with Gasteiger partial charge in [0.25, 0.3) is 0 Å². The second-order valence-electron chi connectivity index (χ2n) is 8.83. The number of unbranched alkanes of at least 4 members (excludes halogenated alkanes) is 1. The first kappa shape index (κ1) is 18.7. The smallest absolute Gasteiger partial charge is 0.135 e. The van der Waals surface area contributed by atoms with Gasteiger partial charge in [0.15, 0.2) is 0 Å². The van der Waals surface area contributed by atoms with Gasteiger partial charge in [0.2, 0.25) is 0 Å². The van der Waals surface area contributed by atoms with Crippen molar-refractivity contribution >= 4 is 0 Å². The molecule has 0 amide bonds. The van der Waals surface area contributed by atoms with Gasteiger partial charge in [-0.15, -0.1) is 0 Å². The quantitative estimate of drug-likeness (QED) is 0.778. The van der Waals surface area contributed by atoms with Crippen molar-refractivity contribution in [2.45, 2.75) is 75.7 Å². The number of hydrogen-bond acceptors (Lipinski definition) is 3. The summed E-state index contributed by atoms with van der Waals surface area (Å²) >= 11 is 0. The number of hydroxylamine groups is 2. The molecule has 27 heavy (non-hydrogen) atoms. The molecule has 2 saturated heterocycles. The average molecular weight is 366 g/mol. The van der Waals surface area contributed by atoms with E-state index in [1.807, 2.05) is 60.7 Å². The van der Waals surface area contributed by atoms with Gasteiger partial charge in [-0.2, -0.15) is 5.06 Å². The first-order valence-corrected chi connectivity index (χ1v) is 10.2. The number of aliphatic hydroxyl groups is 1. The van der Waals surface area contributed by atoms with E-state index in [0.29, 0.717) is 6.04 Å². The zero-order valence-electron chi connectivity index (χ0n) is 16.7. The summed E-state index contributed by atoms with van der Waals surface area (Å²) < 4.78 is 0. The van der Waals surface area contributed by atoms with Crippen LogP contribution in [0.5, 0.6) is 0 Å². The third-order valence-corrected chi connectivity index (χ3v) is 6.34. The first-order chi connectivity index (χ1) is 12.9. The Morgan fingerprint density at radius 1 is 1.04 bits per heavy atom. The molecule has 2 atom stereocenters. The minimum atomic E-state index is -1.11. The van der Waals surface area contributed by atoms with Gasteiger partial charge in [-0.25, -0.2) is 0 Å². The van der Waals surface area contributed by atoms with Gasteiger partial charge in [0, 0.05) is 12.5 Å². The molecular formula is C24H31NO2. The van der Waals surface area contributed by atoms with Crippen LogP contribution in [0.1, 0.15) is 64.0 Å². The van der Waals surface area contributed by atoms with E-state index in [1.54, 1.807) is 0 Å². The number of benzene rings is 2. The molecule has 144 valence electrons. The SMILES string of the molecule is CCCCC1CC2(C(O)(c3ccccc3)c3ccccc3)CC(C)(C)ON12. The molecule has 0 radical (unpaired) electrons. The lowest BCUT2D eigenvalue weighted by Gasteiger charge is -2.60. The van der Waals surface area contributed by atoms with Crippen LogP contribution >= 0.6 is 0 Å². The van der Waals surface area contributed by atoms with Crippen molar-refractivity contribution in [3.05, 3.63) is 71.8 Å². The van der Waals surface area contributed by atoms with Crippen molar-refractivity contribution in [3.8, 4) is 0 Å². The molecule has 0 aromatic heterocycles. The lowest BCUT2D eigenvalue weighted by atomic mass is 9.60. The molecule has 2 aromatic rings. The van der Waals surface area contributed by atoms with Crippen LogP contribution in [-0.2, 0) is 10.4 Å². The highest BCUT2D eigenvalue weighted by molar-refractivity contribution is 5.43. The Morgan fingerprint density at radius 3 is 2.11 bits per heavy atom. The molecule has 2 unspecified atom stereocenters. The predicted molar refractivity (Wildman–Crippen MR) is 108 cm³/mol. The largest absolute Gasteiger partial charge is 0.378 e. The van der Waals surface area contributed by atoms with Crippen molar-refractivity contribution in [2.24, 2.45) is 0 Å². The maximum atomic E-state index is 12.4. The number of hydrogen-bond donors (Lipinski definition) is 1. The Kier molecular flexibility index (Phi) is 4.66. The van der Waals surface area contributed by atoms with E-state index in [9.17, 15) is 5.11 Å². The molecule has 0 spiro atoms. The molecule has 2 aliphatic heterocycles. The Bertz CT molecular complexity index is 734. The van der Waals surface area contributed by atoms with Gasteiger partial charge < -0.3 is 5.11 Å². The van der Waals surface area contributed by atoms with Crippen LogP contribution in [0.25, 0.3) is 0 Å². The molecule has 3 nitrogen and oxygen atoms in total. The molecule has 0 saturated carbocycles. The van der Waals surface area contributed by atoms with Crippen molar-refractivity contribution in [3.63, 3.8) is 0 Å². The first-order valence-electron chi connectivity index (χ1n) is 10.2. The van der Waals surface area contributed by atoms with Crippen LogP contribution in [0, 0.1) is 0 Å². The summed E-state index contributed by atoms with van der Waals surface area (Å²) in [5, 5.41) is 14.5. The highest BCUT2D eigenvalue weighted by Gasteiger charge is 2.70. The van der Waals surface area contributed by atoms with Gasteiger partial charge in [0.05, 0.1) is 11.1 Å². The topological polar surface area (TPSA) is 32.7 Å². The van der Waals surface area contributed by atoms with Crippen molar-refractivity contribution in [1.82, 2.24) is 5.06 Å². The van der Waals surface area contributed by atoms with Gasteiger partial charge in [-0.05, 0) is 37.8 Å².